The van der Waals surface area contributed by atoms with Gasteiger partial charge >= 0.3 is 5.69 Å². The molecule has 0 N–H and O–H groups in total. The van der Waals surface area contributed by atoms with Gasteiger partial charge in [-0.15, -0.1) is 0 Å². The predicted octanol–water partition coefficient (Wildman–Crippen LogP) is 2.07. The van der Waals surface area contributed by atoms with E-state index in [0.29, 0.717) is 19.0 Å². The number of nitrogens with zero attached hydrogens (tertiary/aromatic N) is 3. The highest BCUT2D eigenvalue weighted by atomic mass is 16.5. The predicted molar refractivity (Wildman–Crippen MR) is 82.4 cm³/mol. The van der Waals surface area contributed by atoms with Crippen molar-refractivity contribution in [3.05, 3.63) is 51.7 Å². The van der Waals surface area contributed by atoms with Crippen LogP contribution in [-0.4, -0.2) is 21.5 Å². The van der Waals surface area contributed by atoms with Crippen LogP contribution in [0.25, 0.3) is 0 Å². The lowest BCUT2D eigenvalue weighted by Crippen LogP contribution is -2.24. The molecule has 5 heteroatoms. The van der Waals surface area contributed by atoms with Crippen LogP contribution in [0.2, 0.25) is 0 Å². The fraction of sp³-hybridized carbons (Fsp3) is 0.500. The number of benzene rings is 1. The number of aromatic nitrogens is 3. The Bertz CT molecular complexity index is 678. The topological polar surface area (TPSA) is 49.1 Å². The highest BCUT2D eigenvalue weighted by Crippen LogP contribution is 2.22. The first-order chi connectivity index (χ1) is 9.82. The molecule has 0 amide bonds. The van der Waals surface area contributed by atoms with Crippen molar-refractivity contribution in [2.24, 2.45) is 7.05 Å². The second kappa shape index (κ2) is 5.85. The first-order valence-corrected chi connectivity index (χ1v) is 7.04. The summed E-state index contributed by atoms with van der Waals surface area (Å²) in [4.78, 5) is 12.2. The van der Waals surface area contributed by atoms with Crippen molar-refractivity contribution in [3.8, 4) is 0 Å². The summed E-state index contributed by atoms with van der Waals surface area (Å²) < 4.78 is 8.06. The van der Waals surface area contributed by atoms with E-state index in [4.69, 9.17) is 4.74 Å². The minimum Gasteiger partial charge on any atom is -0.377 e. The van der Waals surface area contributed by atoms with Crippen molar-refractivity contribution >= 4 is 0 Å². The summed E-state index contributed by atoms with van der Waals surface area (Å²) in [5, 5.41) is 4.33. The Morgan fingerprint density at radius 1 is 1.29 bits per heavy atom. The standard InChI is InChI=1S/C16H23N3O2/c1-16(2,3)13-8-6-7-12(9-13)10-19-15(20)18(4)14(17-19)11-21-5/h6-9H,10-11H2,1-5H3. The molecule has 1 aromatic heterocycles. The van der Waals surface area contributed by atoms with E-state index in [1.165, 1.54) is 14.8 Å². The van der Waals surface area contributed by atoms with E-state index in [2.05, 4.69) is 38.0 Å². The molecule has 2 aromatic rings. The van der Waals surface area contributed by atoms with Gasteiger partial charge in [0.15, 0.2) is 5.82 Å². The third-order valence-corrected chi connectivity index (χ3v) is 3.53. The largest absolute Gasteiger partial charge is 0.377 e. The van der Waals surface area contributed by atoms with E-state index < -0.39 is 0 Å². The van der Waals surface area contributed by atoms with Crippen molar-refractivity contribution in [2.75, 3.05) is 7.11 Å². The van der Waals surface area contributed by atoms with Crippen molar-refractivity contribution in [1.29, 1.82) is 0 Å². The summed E-state index contributed by atoms with van der Waals surface area (Å²) in [6.45, 7) is 7.34. The first-order valence-electron chi connectivity index (χ1n) is 7.04. The Hall–Kier alpha value is -1.88. The third kappa shape index (κ3) is 3.42. The molecule has 2 rings (SSSR count). The lowest BCUT2D eigenvalue weighted by molar-refractivity contribution is 0.174. The molecule has 0 atom stereocenters. The Balaban J connectivity index is 2.31. The molecule has 5 nitrogen and oxygen atoms in total. The van der Waals surface area contributed by atoms with Gasteiger partial charge in [-0.1, -0.05) is 45.0 Å². The molecule has 0 saturated heterocycles. The van der Waals surface area contributed by atoms with Crippen LogP contribution in [0.5, 0.6) is 0 Å². The van der Waals surface area contributed by atoms with Crippen LogP contribution in [0.3, 0.4) is 0 Å². The Labute approximate surface area is 125 Å². The van der Waals surface area contributed by atoms with Crippen molar-refractivity contribution in [1.82, 2.24) is 14.3 Å². The highest BCUT2D eigenvalue weighted by Gasteiger charge is 2.15. The quantitative estimate of drug-likeness (QED) is 0.866. The molecule has 114 valence electrons. The van der Waals surface area contributed by atoms with Crippen LogP contribution in [0.15, 0.2) is 29.1 Å². The number of hydrogen-bond donors (Lipinski definition) is 0. The molecule has 0 aliphatic rings. The molecule has 1 heterocycles. The van der Waals surface area contributed by atoms with Crippen molar-refractivity contribution in [3.63, 3.8) is 0 Å². The van der Waals surface area contributed by atoms with E-state index in [1.807, 2.05) is 12.1 Å². The van der Waals surface area contributed by atoms with Gasteiger partial charge < -0.3 is 4.74 Å². The number of hydrogen-bond acceptors (Lipinski definition) is 3. The minimum absolute atomic E-state index is 0.0896. The van der Waals surface area contributed by atoms with Gasteiger partial charge in [0.2, 0.25) is 0 Å². The van der Waals surface area contributed by atoms with Crippen LogP contribution in [0.4, 0.5) is 0 Å². The molecule has 0 unspecified atom stereocenters. The Morgan fingerprint density at radius 3 is 2.62 bits per heavy atom. The third-order valence-electron chi connectivity index (χ3n) is 3.53. The van der Waals surface area contributed by atoms with Gasteiger partial charge in [-0.2, -0.15) is 5.10 Å². The molecule has 0 spiro atoms. The average molecular weight is 289 g/mol. The lowest BCUT2D eigenvalue weighted by atomic mass is 9.86. The second-order valence-electron chi connectivity index (χ2n) is 6.30. The molecular formula is C16H23N3O2. The van der Waals surface area contributed by atoms with Crippen LogP contribution in [-0.2, 0) is 30.4 Å². The lowest BCUT2D eigenvalue weighted by Gasteiger charge is -2.19. The van der Waals surface area contributed by atoms with E-state index in [0.717, 1.165) is 5.56 Å². The zero-order chi connectivity index (χ0) is 15.6. The minimum atomic E-state index is -0.122. The van der Waals surface area contributed by atoms with Gasteiger partial charge in [0.25, 0.3) is 0 Å². The molecule has 1 aromatic carbocycles. The molecule has 0 bridgehead atoms. The number of methoxy groups -OCH3 is 1. The number of rotatable bonds is 4. The van der Waals surface area contributed by atoms with Gasteiger partial charge in [-0.25, -0.2) is 9.48 Å². The van der Waals surface area contributed by atoms with Crippen molar-refractivity contribution < 1.29 is 4.74 Å². The molecule has 0 aliphatic heterocycles. The summed E-state index contributed by atoms with van der Waals surface area (Å²) in [7, 11) is 3.31. The molecule has 0 radical (unpaired) electrons. The van der Waals surface area contributed by atoms with Crippen LogP contribution >= 0.6 is 0 Å². The zero-order valence-corrected chi connectivity index (χ0v) is 13.4. The van der Waals surface area contributed by atoms with Gasteiger partial charge in [-0.3, -0.25) is 4.57 Å². The second-order valence-corrected chi connectivity index (χ2v) is 6.30. The zero-order valence-electron chi connectivity index (χ0n) is 13.4. The van der Waals surface area contributed by atoms with Crippen molar-refractivity contribution in [2.45, 2.75) is 39.3 Å². The molecule has 0 saturated carbocycles. The van der Waals surface area contributed by atoms with E-state index in [1.54, 1.807) is 14.2 Å². The maximum Gasteiger partial charge on any atom is 0.346 e. The average Bonchev–Trinajstić information content (AvgIpc) is 2.67. The van der Waals surface area contributed by atoms with Gasteiger partial charge in [0.05, 0.1) is 6.54 Å². The first kappa shape index (κ1) is 15.5. The fourth-order valence-electron chi connectivity index (χ4n) is 2.20. The summed E-state index contributed by atoms with van der Waals surface area (Å²) in [5.41, 5.74) is 2.29. The Morgan fingerprint density at radius 2 is 2.00 bits per heavy atom. The van der Waals surface area contributed by atoms with Crippen LogP contribution in [0, 0.1) is 0 Å². The summed E-state index contributed by atoms with van der Waals surface area (Å²) in [5.74, 6) is 0.634. The van der Waals surface area contributed by atoms with E-state index in [9.17, 15) is 4.79 Å². The van der Waals surface area contributed by atoms with Gasteiger partial charge in [0, 0.05) is 14.2 Å². The SMILES string of the molecule is COCc1nn(Cc2cccc(C(C)(C)C)c2)c(=O)n1C. The maximum atomic E-state index is 12.2. The Kier molecular flexibility index (Phi) is 4.32. The highest BCUT2D eigenvalue weighted by molar-refractivity contribution is 5.28. The molecular weight excluding hydrogens is 266 g/mol. The summed E-state index contributed by atoms with van der Waals surface area (Å²) in [6.07, 6.45) is 0. The van der Waals surface area contributed by atoms with Crippen LogP contribution in [0.1, 0.15) is 37.7 Å². The van der Waals surface area contributed by atoms with E-state index >= 15 is 0 Å². The fourth-order valence-corrected chi connectivity index (χ4v) is 2.20. The molecule has 0 aliphatic carbocycles. The smallest absolute Gasteiger partial charge is 0.346 e. The molecule has 21 heavy (non-hydrogen) atoms. The molecule has 0 fully saturated rings. The van der Waals surface area contributed by atoms with Crippen LogP contribution < -0.4 is 5.69 Å². The van der Waals surface area contributed by atoms with E-state index in [-0.39, 0.29) is 11.1 Å². The maximum absolute atomic E-state index is 12.2. The monoisotopic (exact) mass is 289 g/mol. The summed E-state index contributed by atoms with van der Waals surface area (Å²) >= 11 is 0. The van der Waals surface area contributed by atoms with Gasteiger partial charge in [-0.05, 0) is 16.5 Å². The van der Waals surface area contributed by atoms with Gasteiger partial charge in [0.1, 0.15) is 6.61 Å². The summed E-state index contributed by atoms with van der Waals surface area (Å²) in [6, 6.07) is 8.30. The normalized spacial score (nSPS) is 11.9. The number of ether oxygens (including phenoxy) is 1.